The molecule has 2 saturated carbocycles. The second-order valence-corrected chi connectivity index (χ2v) is 7.27. The van der Waals surface area contributed by atoms with Crippen molar-refractivity contribution in [2.45, 2.75) is 53.0 Å². The Morgan fingerprint density at radius 1 is 1.26 bits per heavy atom. The van der Waals surface area contributed by atoms with Gasteiger partial charge in [-0.3, -0.25) is 0 Å². The Morgan fingerprint density at radius 2 is 2.00 bits per heavy atom. The molecule has 2 heteroatoms. The fourth-order valence-electron chi connectivity index (χ4n) is 4.40. The van der Waals surface area contributed by atoms with Crippen molar-refractivity contribution in [2.24, 2.45) is 16.7 Å². The highest BCUT2D eigenvalue weighted by atomic mass is 19.1. The summed E-state index contributed by atoms with van der Waals surface area (Å²) in [6.45, 7) is 9.25. The van der Waals surface area contributed by atoms with Gasteiger partial charge < -0.3 is 5.32 Å². The Balaban J connectivity index is 1.86. The lowest BCUT2D eigenvalue weighted by molar-refractivity contribution is 0.142. The second kappa shape index (κ2) is 3.97. The quantitative estimate of drug-likeness (QED) is 0.809. The number of hydrogen-bond donors (Lipinski definition) is 1. The van der Waals surface area contributed by atoms with Gasteiger partial charge in [0.2, 0.25) is 0 Å². The van der Waals surface area contributed by atoms with Gasteiger partial charge in [0.25, 0.3) is 0 Å². The Hall–Kier alpha value is -1.05. The van der Waals surface area contributed by atoms with Gasteiger partial charge >= 0.3 is 0 Å². The van der Waals surface area contributed by atoms with E-state index in [1.165, 1.54) is 19.3 Å². The standard InChI is InChI=1S/C17H24FN/c1-11-9-13(18)5-6-14(11)19-15-10-12-7-8-17(15,4)16(12,2)3/h5-6,9,12,15,19H,7-8,10H2,1-4H3. The topological polar surface area (TPSA) is 12.0 Å². The van der Waals surface area contributed by atoms with E-state index in [1.54, 1.807) is 12.1 Å². The normalized spacial score (nSPS) is 35.6. The Bertz CT molecular complexity index is 508. The van der Waals surface area contributed by atoms with Gasteiger partial charge in [-0.2, -0.15) is 0 Å². The largest absolute Gasteiger partial charge is 0.382 e. The highest BCUT2D eigenvalue weighted by Gasteiger charge is 2.61. The summed E-state index contributed by atoms with van der Waals surface area (Å²) in [5, 5.41) is 3.70. The minimum Gasteiger partial charge on any atom is -0.382 e. The van der Waals surface area contributed by atoms with E-state index in [0.717, 1.165) is 17.2 Å². The molecule has 1 aromatic carbocycles. The van der Waals surface area contributed by atoms with Crippen molar-refractivity contribution < 1.29 is 4.39 Å². The highest BCUT2D eigenvalue weighted by Crippen LogP contribution is 2.65. The molecule has 3 atom stereocenters. The lowest BCUT2D eigenvalue weighted by Crippen LogP contribution is -2.40. The first-order valence-corrected chi connectivity index (χ1v) is 7.37. The van der Waals surface area contributed by atoms with Gasteiger partial charge in [-0.1, -0.05) is 20.8 Å². The lowest BCUT2D eigenvalue weighted by Gasteiger charge is -2.40. The molecule has 0 spiro atoms. The van der Waals surface area contributed by atoms with Gasteiger partial charge in [-0.25, -0.2) is 4.39 Å². The fraction of sp³-hybridized carbons (Fsp3) is 0.647. The number of hydrogen-bond acceptors (Lipinski definition) is 1. The molecular formula is C17H24FN. The number of aryl methyl sites for hydroxylation is 1. The SMILES string of the molecule is Cc1cc(F)ccc1NC1CC2CCC1(C)C2(C)C. The van der Waals surface area contributed by atoms with Crippen molar-refractivity contribution in [1.82, 2.24) is 0 Å². The van der Waals surface area contributed by atoms with Crippen molar-refractivity contribution in [3.8, 4) is 0 Å². The molecule has 0 aliphatic heterocycles. The van der Waals surface area contributed by atoms with Gasteiger partial charge in [-0.05, 0) is 66.7 Å². The van der Waals surface area contributed by atoms with Crippen molar-refractivity contribution in [3.63, 3.8) is 0 Å². The summed E-state index contributed by atoms with van der Waals surface area (Å²) in [6, 6.07) is 5.57. The van der Waals surface area contributed by atoms with Crippen LogP contribution in [0, 0.1) is 29.5 Å². The third-order valence-corrected chi connectivity index (χ3v) is 6.31. The van der Waals surface area contributed by atoms with E-state index < -0.39 is 0 Å². The molecule has 104 valence electrons. The van der Waals surface area contributed by atoms with E-state index in [0.29, 0.717) is 16.9 Å². The van der Waals surface area contributed by atoms with Gasteiger partial charge in [0.15, 0.2) is 0 Å². The van der Waals surface area contributed by atoms with Crippen LogP contribution in [0.15, 0.2) is 18.2 Å². The van der Waals surface area contributed by atoms with Crippen LogP contribution in [0.3, 0.4) is 0 Å². The van der Waals surface area contributed by atoms with E-state index in [9.17, 15) is 4.39 Å². The zero-order chi connectivity index (χ0) is 13.8. The first kappa shape index (κ1) is 13.0. The molecule has 1 aromatic rings. The third kappa shape index (κ3) is 1.72. The predicted octanol–water partition coefficient (Wildman–Crippen LogP) is 4.76. The maximum atomic E-state index is 13.2. The van der Waals surface area contributed by atoms with E-state index in [-0.39, 0.29) is 5.82 Å². The molecule has 3 rings (SSSR count). The van der Waals surface area contributed by atoms with E-state index in [1.807, 2.05) is 13.0 Å². The number of halogens is 1. The number of rotatable bonds is 2. The van der Waals surface area contributed by atoms with Crippen LogP contribution in [0.4, 0.5) is 10.1 Å². The number of benzene rings is 1. The summed E-state index contributed by atoms with van der Waals surface area (Å²) in [5.41, 5.74) is 2.87. The summed E-state index contributed by atoms with van der Waals surface area (Å²) in [6.07, 6.45) is 3.92. The first-order chi connectivity index (χ1) is 8.84. The van der Waals surface area contributed by atoms with Crippen molar-refractivity contribution in [1.29, 1.82) is 0 Å². The molecule has 0 amide bonds. The molecule has 2 aliphatic carbocycles. The molecule has 1 nitrogen and oxygen atoms in total. The van der Waals surface area contributed by atoms with Gasteiger partial charge in [0, 0.05) is 11.7 Å². The van der Waals surface area contributed by atoms with Crippen LogP contribution in [-0.4, -0.2) is 6.04 Å². The van der Waals surface area contributed by atoms with E-state index in [4.69, 9.17) is 0 Å². The molecule has 2 fully saturated rings. The second-order valence-electron chi connectivity index (χ2n) is 7.27. The summed E-state index contributed by atoms with van der Waals surface area (Å²) < 4.78 is 13.2. The summed E-state index contributed by atoms with van der Waals surface area (Å²) in [7, 11) is 0. The maximum Gasteiger partial charge on any atom is 0.123 e. The van der Waals surface area contributed by atoms with Crippen molar-refractivity contribution in [3.05, 3.63) is 29.6 Å². The number of nitrogens with one attached hydrogen (secondary N) is 1. The molecule has 1 N–H and O–H groups in total. The molecule has 0 saturated heterocycles. The van der Waals surface area contributed by atoms with Crippen LogP contribution in [-0.2, 0) is 0 Å². The third-order valence-electron chi connectivity index (χ3n) is 6.31. The molecule has 2 aliphatic rings. The molecule has 0 heterocycles. The van der Waals surface area contributed by atoms with Gasteiger partial charge in [0.1, 0.15) is 5.82 Å². The minimum absolute atomic E-state index is 0.150. The Kier molecular flexibility index (Phi) is 2.71. The Labute approximate surface area is 115 Å². The van der Waals surface area contributed by atoms with Crippen LogP contribution in [0.5, 0.6) is 0 Å². The van der Waals surface area contributed by atoms with Crippen LogP contribution in [0.2, 0.25) is 0 Å². The monoisotopic (exact) mass is 261 g/mol. The highest BCUT2D eigenvalue weighted by molar-refractivity contribution is 5.52. The smallest absolute Gasteiger partial charge is 0.123 e. The average Bonchev–Trinajstić information content (AvgIpc) is 2.65. The van der Waals surface area contributed by atoms with Gasteiger partial charge in [0.05, 0.1) is 0 Å². The molecular weight excluding hydrogens is 237 g/mol. The van der Waals surface area contributed by atoms with Crippen molar-refractivity contribution in [2.75, 3.05) is 5.32 Å². The summed E-state index contributed by atoms with van der Waals surface area (Å²) in [4.78, 5) is 0. The Morgan fingerprint density at radius 3 is 2.53 bits per heavy atom. The molecule has 3 unspecified atom stereocenters. The number of fused-ring (bicyclic) bond motifs is 2. The lowest BCUT2D eigenvalue weighted by atomic mass is 9.69. The van der Waals surface area contributed by atoms with Crippen molar-refractivity contribution >= 4 is 5.69 Å². The minimum atomic E-state index is -0.150. The van der Waals surface area contributed by atoms with Crippen LogP contribution in [0.1, 0.15) is 45.6 Å². The van der Waals surface area contributed by atoms with E-state index in [2.05, 4.69) is 26.1 Å². The van der Waals surface area contributed by atoms with Crippen LogP contribution in [0.25, 0.3) is 0 Å². The van der Waals surface area contributed by atoms with Crippen LogP contribution >= 0.6 is 0 Å². The number of anilines is 1. The predicted molar refractivity (Wildman–Crippen MR) is 77.8 cm³/mol. The average molecular weight is 261 g/mol. The van der Waals surface area contributed by atoms with Gasteiger partial charge in [-0.15, -0.1) is 0 Å². The molecule has 19 heavy (non-hydrogen) atoms. The zero-order valence-electron chi connectivity index (χ0n) is 12.4. The molecule has 2 bridgehead atoms. The summed E-state index contributed by atoms with van der Waals surface area (Å²) >= 11 is 0. The molecule has 0 radical (unpaired) electrons. The molecule has 0 aromatic heterocycles. The van der Waals surface area contributed by atoms with E-state index >= 15 is 0 Å². The summed E-state index contributed by atoms with van der Waals surface area (Å²) in [5.74, 6) is 0.679. The zero-order valence-corrected chi connectivity index (χ0v) is 12.4. The first-order valence-electron chi connectivity index (χ1n) is 7.37. The maximum absolute atomic E-state index is 13.2. The van der Waals surface area contributed by atoms with Crippen LogP contribution < -0.4 is 5.32 Å². The fourth-order valence-corrected chi connectivity index (χ4v) is 4.40.